The van der Waals surface area contributed by atoms with Crippen LogP contribution in [0.5, 0.6) is 0 Å². The minimum atomic E-state index is -0.0974. The molecule has 0 heterocycles. The minimum absolute atomic E-state index is 0.0400. The van der Waals surface area contributed by atoms with Crippen LogP contribution in [0.2, 0.25) is 0 Å². The number of hydrogen-bond donors (Lipinski definition) is 3. The molecule has 4 N–H and O–H groups in total. The van der Waals surface area contributed by atoms with Gasteiger partial charge in [0.15, 0.2) is 0 Å². The number of nitrogens with two attached hydrogens (primary N) is 1. The Bertz CT molecular complexity index is 565. The number of benzene rings is 2. The standard InChI is InChI=1S/C15H16N2O2/c16-13-6-4-11(5-7-13)9-15(19)17-14-3-1-2-12(8-14)10-18/h1-8,18H,9-10,16H2,(H,17,19). The van der Waals surface area contributed by atoms with E-state index in [1.54, 1.807) is 36.4 Å². The van der Waals surface area contributed by atoms with Crippen LogP contribution in [0.25, 0.3) is 0 Å². The summed E-state index contributed by atoms with van der Waals surface area (Å²) in [6.07, 6.45) is 0.295. The van der Waals surface area contributed by atoms with E-state index in [9.17, 15) is 4.79 Å². The van der Waals surface area contributed by atoms with Crippen molar-refractivity contribution < 1.29 is 9.90 Å². The van der Waals surface area contributed by atoms with E-state index >= 15 is 0 Å². The van der Waals surface area contributed by atoms with Crippen molar-refractivity contribution in [1.29, 1.82) is 0 Å². The van der Waals surface area contributed by atoms with Gasteiger partial charge in [-0.15, -0.1) is 0 Å². The summed E-state index contributed by atoms with van der Waals surface area (Å²) in [5.41, 5.74) is 8.63. The molecule has 0 unspecified atom stereocenters. The molecular weight excluding hydrogens is 240 g/mol. The number of anilines is 2. The van der Waals surface area contributed by atoms with Gasteiger partial charge in [0.05, 0.1) is 13.0 Å². The van der Waals surface area contributed by atoms with Gasteiger partial charge < -0.3 is 16.2 Å². The average molecular weight is 256 g/mol. The van der Waals surface area contributed by atoms with Crippen LogP contribution >= 0.6 is 0 Å². The fraction of sp³-hybridized carbons (Fsp3) is 0.133. The number of nitrogen functional groups attached to an aromatic ring is 1. The molecule has 0 spiro atoms. The molecule has 0 radical (unpaired) electrons. The number of nitrogens with one attached hydrogen (secondary N) is 1. The van der Waals surface area contributed by atoms with E-state index in [4.69, 9.17) is 10.8 Å². The third-order valence-electron chi connectivity index (χ3n) is 2.74. The number of hydrogen-bond acceptors (Lipinski definition) is 3. The lowest BCUT2D eigenvalue weighted by Crippen LogP contribution is -2.14. The molecule has 2 rings (SSSR count). The second-order valence-corrected chi connectivity index (χ2v) is 4.33. The van der Waals surface area contributed by atoms with Gasteiger partial charge in [-0.2, -0.15) is 0 Å². The highest BCUT2D eigenvalue weighted by atomic mass is 16.3. The molecule has 0 aliphatic heterocycles. The highest BCUT2D eigenvalue weighted by Crippen LogP contribution is 2.12. The van der Waals surface area contributed by atoms with Gasteiger partial charge in [-0.05, 0) is 35.4 Å². The Morgan fingerprint density at radius 2 is 1.84 bits per heavy atom. The second-order valence-electron chi connectivity index (χ2n) is 4.33. The third-order valence-corrected chi connectivity index (χ3v) is 2.74. The largest absolute Gasteiger partial charge is 0.399 e. The predicted octanol–water partition coefficient (Wildman–Crippen LogP) is 1.94. The average Bonchev–Trinajstić information content (AvgIpc) is 2.41. The van der Waals surface area contributed by atoms with E-state index in [2.05, 4.69) is 5.32 Å². The highest BCUT2D eigenvalue weighted by Gasteiger charge is 2.04. The van der Waals surface area contributed by atoms with Crippen molar-refractivity contribution >= 4 is 17.3 Å². The zero-order chi connectivity index (χ0) is 13.7. The molecule has 1 amide bonds. The van der Waals surface area contributed by atoms with E-state index in [0.717, 1.165) is 11.1 Å². The first-order valence-electron chi connectivity index (χ1n) is 6.01. The molecule has 0 atom stereocenters. The van der Waals surface area contributed by atoms with E-state index in [-0.39, 0.29) is 12.5 Å². The van der Waals surface area contributed by atoms with Gasteiger partial charge in [-0.25, -0.2) is 0 Å². The number of aliphatic hydroxyl groups excluding tert-OH is 1. The van der Waals surface area contributed by atoms with Crippen LogP contribution in [0.1, 0.15) is 11.1 Å². The maximum absolute atomic E-state index is 11.9. The molecule has 4 nitrogen and oxygen atoms in total. The van der Waals surface area contributed by atoms with Gasteiger partial charge in [0.2, 0.25) is 5.91 Å². The molecule has 0 aliphatic rings. The van der Waals surface area contributed by atoms with Gasteiger partial charge in [-0.1, -0.05) is 24.3 Å². The molecule has 0 aromatic heterocycles. The lowest BCUT2D eigenvalue weighted by Gasteiger charge is -2.07. The first-order chi connectivity index (χ1) is 9.17. The van der Waals surface area contributed by atoms with Crippen LogP contribution in [-0.4, -0.2) is 11.0 Å². The van der Waals surface area contributed by atoms with Crippen molar-refractivity contribution in [3.8, 4) is 0 Å². The van der Waals surface area contributed by atoms with Crippen molar-refractivity contribution in [3.05, 3.63) is 59.7 Å². The van der Waals surface area contributed by atoms with Crippen molar-refractivity contribution in [2.24, 2.45) is 0 Å². The molecule has 2 aromatic rings. The fourth-order valence-electron chi connectivity index (χ4n) is 1.77. The number of carbonyl (C=O) groups excluding carboxylic acids is 1. The van der Waals surface area contributed by atoms with E-state index in [0.29, 0.717) is 17.8 Å². The fourth-order valence-corrected chi connectivity index (χ4v) is 1.77. The van der Waals surface area contributed by atoms with Crippen LogP contribution in [0.15, 0.2) is 48.5 Å². The Balaban J connectivity index is 1.99. The van der Waals surface area contributed by atoms with Crippen LogP contribution in [0.3, 0.4) is 0 Å². The summed E-state index contributed by atoms with van der Waals surface area (Å²) in [6, 6.07) is 14.4. The zero-order valence-electron chi connectivity index (χ0n) is 10.5. The van der Waals surface area contributed by atoms with Crippen molar-refractivity contribution in [2.75, 3.05) is 11.1 Å². The maximum Gasteiger partial charge on any atom is 0.228 e. The molecule has 0 fully saturated rings. The van der Waals surface area contributed by atoms with Gasteiger partial charge in [-0.3, -0.25) is 4.79 Å². The number of aliphatic hydroxyl groups is 1. The molecule has 19 heavy (non-hydrogen) atoms. The van der Waals surface area contributed by atoms with E-state index in [1.165, 1.54) is 0 Å². The topological polar surface area (TPSA) is 75.4 Å². The molecule has 4 heteroatoms. The Hall–Kier alpha value is -2.33. The SMILES string of the molecule is Nc1ccc(CC(=O)Nc2cccc(CO)c2)cc1. The van der Waals surface area contributed by atoms with E-state index in [1.807, 2.05) is 12.1 Å². The van der Waals surface area contributed by atoms with Crippen molar-refractivity contribution in [2.45, 2.75) is 13.0 Å². The summed E-state index contributed by atoms with van der Waals surface area (Å²) in [5.74, 6) is -0.0974. The van der Waals surface area contributed by atoms with Gasteiger partial charge in [0, 0.05) is 11.4 Å². The number of rotatable bonds is 4. The summed E-state index contributed by atoms with van der Waals surface area (Å²) < 4.78 is 0. The summed E-state index contributed by atoms with van der Waals surface area (Å²) in [4.78, 5) is 11.9. The molecule has 0 bridgehead atoms. The van der Waals surface area contributed by atoms with Crippen LogP contribution in [0, 0.1) is 0 Å². The Morgan fingerprint density at radius 1 is 1.11 bits per heavy atom. The van der Waals surface area contributed by atoms with Crippen molar-refractivity contribution in [3.63, 3.8) is 0 Å². The molecular formula is C15H16N2O2. The summed E-state index contributed by atoms with van der Waals surface area (Å²) in [7, 11) is 0. The van der Waals surface area contributed by atoms with Crippen LogP contribution in [0.4, 0.5) is 11.4 Å². The first-order valence-corrected chi connectivity index (χ1v) is 6.01. The molecule has 0 saturated carbocycles. The normalized spacial score (nSPS) is 10.2. The summed E-state index contributed by atoms with van der Waals surface area (Å²) >= 11 is 0. The van der Waals surface area contributed by atoms with Crippen molar-refractivity contribution in [1.82, 2.24) is 0 Å². The third kappa shape index (κ3) is 3.82. The smallest absolute Gasteiger partial charge is 0.228 e. The molecule has 98 valence electrons. The quantitative estimate of drug-likeness (QED) is 0.732. The lowest BCUT2D eigenvalue weighted by molar-refractivity contribution is -0.115. The monoisotopic (exact) mass is 256 g/mol. The maximum atomic E-state index is 11.9. The van der Waals surface area contributed by atoms with Crippen LogP contribution in [-0.2, 0) is 17.8 Å². The predicted molar refractivity (Wildman–Crippen MR) is 75.6 cm³/mol. The van der Waals surface area contributed by atoms with Gasteiger partial charge in [0.1, 0.15) is 0 Å². The highest BCUT2D eigenvalue weighted by molar-refractivity contribution is 5.92. The Kier molecular flexibility index (Phi) is 4.15. The Labute approximate surface area is 111 Å². The molecule has 0 saturated heterocycles. The zero-order valence-corrected chi connectivity index (χ0v) is 10.5. The van der Waals surface area contributed by atoms with E-state index < -0.39 is 0 Å². The summed E-state index contributed by atoms with van der Waals surface area (Å²) in [5, 5.41) is 11.8. The molecule has 0 aliphatic carbocycles. The minimum Gasteiger partial charge on any atom is -0.399 e. The van der Waals surface area contributed by atoms with Gasteiger partial charge >= 0.3 is 0 Å². The first kappa shape index (κ1) is 13.1. The van der Waals surface area contributed by atoms with Gasteiger partial charge in [0.25, 0.3) is 0 Å². The van der Waals surface area contributed by atoms with Crippen LogP contribution < -0.4 is 11.1 Å². The number of carbonyl (C=O) groups is 1. The Morgan fingerprint density at radius 3 is 2.53 bits per heavy atom. The molecule has 2 aromatic carbocycles. The number of amides is 1. The lowest BCUT2D eigenvalue weighted by atomic mass is 10.1. The second kappa shape index (κ2) is 6.02. The summed E-state index contributed by atoms with van der Waals surface area (Å²) in [6.45, 7) is -0.0400.